The van der Waals surface area contributed by atoms with Crippen LogP contribution >= 0.6 is 11.6 Å². The van der Waals surface area contributed by atoms with E-state index in [1.165, 1.54) is 24.3 Å². The van der Waals surface area contributed by atoms with Gasteiger partial charge in [0.1, 0.15) is 5.82 Å². The van der Waals surface area contributed by atoms with E-state index >= 15 is 0 Å². The maximum absolute atomic E-state index is 13.4. The Morgan fingerprint density at radius 3 is 2.79 bits per heavy atom. The quantitative estimate of drug-likeness (QED) is 0.501. The van der Waals surface area contributed by atoms with Crippen molar-refractivity contribution in [1.29, 1.82) is 0 Å². The minimum absolute atomic E-state index is 0.193. The van der Waals surface area contributed by atoms with Crippen molar-refractivity contribution in [3.05, 3.63) is 94.5 Å². The highest BCUT2D eigenvalue weighted by Crippen LogP contribution is 2.20. The van der Waals surface area contributed by atoms with Gasteiger partial charge in [-0.25, -0.2) is 9.38 Å². The van der Waals surface area contributed by atoms with Crippen molar-refractivity contribution in [2.75, 3.05) is 5.32 Å². The predicted octanol–water partition coefficient (Wildman–Crippen LogP) is 4.58. The fourth-order valence-corrected chi connectivity index (χ4v) is 2.61. The fraction of sp³-hybridized carbons (Fsp3) is 0.0952. The lowest BCUT2D eigenvalue weighted by Crippen LogP contribution is -2.36. The van der Waals surface area contributed by atoms with E-state index in [1.807, 2.05) is 25.1 Å². The molecule has 0 atom stereocenters. The first kappa shape index (κ1) is 19.5. The average Bonchev–Trinajstić information content (AvgIpc) is 2.69. The van der Waals surface area contributed by atoms with Gasteiger partial charge in [0.05, 0.1) is 6.54 Å². The van der Waals surface area contributed by atoms with Crippen molar-refractivity contribution in [3.63, 3.8) is 0 Å². The number of hydrogen-bond acceptors (Lipinski definition) is 3. The van der Waals surface area contributed by atoms with Crippen molar-refractivity contribution >= 4 is 29.2 Å². The van der Waals surface area contributed by atoms with E-state index in [2.05, 4.69) is 20.6 Å². The predicted molar refractivity (Wildman–Crippen MR) is 109 cm³/mol. The van der Waals surface area contributed by atoms with Crippen molar-refractivity contribution in [1.82, 2.24) is 10.3 Å². The molecule has 1 heterocycles. The van der Waals surface area contributed by atoms with Crippen LogP contribution in [0.15, 0.2) is 72.0 Å². The van der Waals surface area contributed by atoms with Gasteiger partial charge in [-0.2, -0.15) is 0 Å². The maximum atomic E-state index is 13.4. The van der Waals surface area contributed by atoms with Crippen molar-refractivity contribution in [3.8, 4) is 0 Å². The summed E-state index contributed by atoms with van der Waals surface area (Å²) in [6, 6.07) is 14.5. The Morgan fingerprint density at radius 2 is 2.04 bits per heavy atom. The maximum Gasteiger partial charge on any atom is 0.258 e. The summed E-state index contributed by atoms with van der Waals surface area (Å²) in [6.07, 6.45) is 3.37. The molecule has 1 amide bonds. The minimum Gasteiger partial charge on any atom is -0.326 e. The van der Waals surface area contributed by atoms with E-state index in [9.17, 15) is 9.18 Å². The van der Waals surface area contributed by atoms with Gasteiger partial charge in [-0.1, -0.05) is 29.8 Å². The summed E-state index contributed by atoms with van der Waals surface area (Å²) in [5.74, 6) is -0.736. The van der Waals surface area contributed by atoms with Gasteiger partial charge in [-0.3, -0.25) is 15.1 Å². The molecule has 0 fully saturated rings. The molecule has 0 saturated carbocycles. The zero-order valence-electron chi connectivity index (χ0n) is 15.1. The molecule has 1 aromatic heterocycles. The SMILES string of the molecule is Cc1ccc(Cl)cc1NC(=NCc1cccnc1)NC(=O)c1cccc(F)c1. The van der Waals surface area contributed by atoms with E-state index < -0.39 is 11.7 Å². The second-order valence-electron chi connectivity index (χ2n) is 6.07. The third-order valence-electron chi connectivity index (χ3n) is 3.91. The molecule has 3 aromatic rings. The summed E-state index contributed by atoms with van der Waals surface area (Å²) in [7, 11) is 0. The lowest BCUT2D eigenvalue weighted by atomic mass is 10.2. The van der Waals surface area contributed by atoms with E-state index in [4.69, 9.17) is 11.6 Å². The first-order chi connectivity index (χ1) is 13.5. The molecule has 7 heteroatoms. The molecular weight excluding hydrogens is 379 g/mol. The molecule has 0 aliphatic carbocycles. The molecular formula is C21H18ClFN4O. The third-order valence-corrected chi connectivity index (χ3v) is 4.15. The van der Waals surface area contributed by atoms with Crippen molar-refractivity contribution in [2.24, 2.45) is 4.99 Å². The van der Waals surface area contributed by atoms with Gasteiger partial charge in [-0.15, -0.1) is 0 Å². The zero-order chi connectivity index (χ0) is 19.9. The standard InChI is InChI=1S/C21H18ClFN4O/c1-14-7-8-17(22)11-19(14)26-21(25-13-15-4-3-9-24-12-15)27-20(28)16-5-2-6-18(23)10-16/h2-12H,13H2,1H3,(H2,25,26,27,28). The summed E-state index contributed by atoms with van der Waals surface area (Å²) in [5.41, 5.74) is 2.71. The molecule has 5 nitrogen and oxygen atoms in total. The van der Waals surface area contributed by atoms with Crippen LogP contribution in [-0.2, 0) is 6.54 Å². The Bertz CT molecular complexity index is 1010. The normalized spacial score (nSPS) is 11.2. The monoisotopic (exact) mass is 396 g/mol. The molecule has 2 N–H and O–H groups in total. The second kappa shape index (κ2) is 9.10. The van der Waals surface area contributed by atoms with Crippen molar-refractivity contribution in [2.45, 2.75) is 13.5 Å². The molecule has 0 unspecified atom stereocenters. The summed E-state index contributed by atoms with van der Waals surface area (Å²) in [6.45, 7) is 2.21. The van der Waals surface area contributed by atoms with E-state index in [0.717, 1.165) is 11.1 Å². The Hall–Kier alpha value is -3.25. The van der Waals surface area contributed by atoms with E-state index in [0.29, 0.717) is 17.3 Å². The number of amides is 1. The molecule has 0 bridgehead atoms. The van der Waals surface area contributed by atoms with Crippen LogP contribution in [0, 0.1) is 12.7 Å². The topological polar surface area (TPSA) is 66.4 Å². The highest BCUT2D eigenvalue weighted by atomic mass is 35.5. The van der Waals surface area contributed by atoms with Crippen LogP contribution in [0.2, 0.25) is 5.02 Å². The molecule has 0 aliphatic heterocycles. The first-order valence-corrected chi connectivity index (χ1v) is 8.92. The van der Waals surface area contributed by atoms with Gasteiger partial charge in [0.25, 0.3) is 5.91 Å². The molecule has 142 valence electrons. The van der Waals surface area contributed by atoms with Gasteiger partial charge in [0, 0.05) is 28.7 Å². The Balaban J connectivity index is 1.85. The Labute approximate surface area is 167 Å². The number of hydrogen-bond donors (Lipinski definition) is 2. The lowest BCUT2D eigenvalue weighted by molar-refractivity contribution is 0.0976. The molecule has 2 aromatic carbocycles. The van der Waals surface area contributed by atoms with Crippen molar-refractivity contribution < 1.29 is 9.18 Å². The number of nitrogens with one attached hydrogen (secondary N) is 2. The number of carbonyl (C=O) groups excluding carboxylic acids is 1. The number of aryl methyl sites for hydroxylation is 1. The van der Waals surface area contributed by atoms with E-state index in [-0.39, 0.29) is 11.5 Å². The van der Waals surface area contributed by atoms with Crippen LogP contribution in [0.1, 0.15) is 21.5 Å². The molecule has 3 rings (SSSR count). The molecule has 0 aliphatic rings. The summed E-state index contributed by atoms with van der Waals surface area (Å²) in [4.78, 5) is 21.0. The molecule has 0 spiro atoms. The number of guanidine groups is 1. The average molecular weight is 397 g/mol. The van der Waals surface area contributed by atoms with Gasteiger partial charge in [-0.05, 0) is 54.4 Å². The van der Waals surface area contributed by atoms with E-state index in [1.54, 1.807) is 24.5 Å². The minimum atomic E-state index is -0.486. The molecule has 28 heavy (non-hydrogen) atoms. The highest BCUT2D eigenvalue weighted by molar-refractivity contribution is 6.31. The largest absolute Gasteiger partial charge is 0.326 e. The van der Waals surface area contributed by atoms with Crippen LogP contribution in [0.25, 0.3) is 0 Å². The summed E-state index contributed by atoms with van der Waals surface area (Å²) >= 11 is 6.08. The van der Waals surface area contributed by atoms with Crippen LogP contribution < -0.4 is 10.6 Å². The Kier molecular flexibility index (Phi) is 6.34. The number of anilines is 1. The smallest absolute Gasteiger partial charge is 0.258 e. The first-order valence-electron chi connectivity index (χ1n) is 8.55. The zero-order valence-corrected chi connectivity index (χ0v) is 15.9. The number of aromatic nitrogens is 1. The van der Waals surface area contributed by atoms with Crippen LogP contribution in [0.4, 0.5) is 10.1 Å². The number of nitrogens with zero attached hydrogens (tertiary/aromatic N) is 2. The molecule has 0 radical (unpaired) electrons. The van der Waals surface area contributed by atoms with Gasteiger partial charge >= 0.3 is 0 Å². The highest BCUT2D eigenvalue weighted by Gasteiger charge is 2.11. The third kappa shape index (κ3) is 5.37. The van der Waals surface area contributed by atoms with Gasteiger partial charge in [0.15, 0.2) is 0 Å². The van der Waals surface area contributed by atoms with Gasteiger partial charge in [0.2, 0.25) is 5.96 Å². The van der Waals surface area contributed by atoms with Crippen LogP contribution in [0.3, 0.4) is 0 Å². The molecule has 0 saturated heterocycles. The lowest BCUT2D eigenvalue weighted by Gasteiger charge is -2.14. The summed E-state index contributed by atoms with van der Waals surface area (Å²) < 4.78 is 13.4. The number of pyridine rings is 1. The second-order valence-corrected chi connectivity index (χ2v) is 6.51. The summed E-state index contributed by atoms with van der Waals surface area (Å²) in [5, 5.41) is 6.34. The fourth-order valence-electron chi connectivity index (χ4n) is 2.44. The number of halogens is 2. The van der Waals surface area contributed by atoms with Gasteiger partial charge < -0.3 is 5.32 Å². The number of carbonyl (C=O) groups is 1. The number of rotatable bonds is 4. The number of benzene rings is 2. The van der Waals surface area contributed by atoms with Crippen LogP contribution in [0.5, 0.6) is 0 Å². The number of aliphatic imine (C=N–C) groups is 1. The van der Waals surface area contributed by atoms with Crippen LogP contribution in [-0.4, -0.2) is 16.9 Å². The Morgan fingerprint density at radius 1 is 1.18 bits per heavy atom.